The molecule has 0 N–H and O–H groups in total. The number of ether oxygens (including phenoxy) is 1. The lowest BCUT2D eigenvalue weighted by Crippen LogP contribution is -1.97. The summed E-state index contributed by atoms with van der Waals surface area (Å²) in [6, 6.07) is 19.4. The first-order valence-electron chi connectivity index (χ1n) is 9.24. The normalized spacial score (nSPS) is 10.9. The number of nitrogens with zero attached hydrogens (tertiary/aromatic N) is 1. The molecule has 4 aromatic rings. The molecule has 2 nitrogen and oxygen atoms in total. The first kappa shape index (κ1) is 18.8. The van der Waals surface area contributed by atoms with Crippen molar-refractivity contribution in [3.05, 3.63) is 102 Å². The third kappa shape index (κ3) is 3.87. The van der Waals surface area contributed by atoms with Gasteiger partial charge in [-0.2, -0.15) is 0 Å². The van der Waals surface area contributed by atoms with Crippen LogP contribution in [0.5, 0.6) is 5.75 Å². The van der Waals surface area contributed by atoms with Crippen molar-refractivity contribution in [2.24, 2.45) is 0 Å². The Kier molecular flexibility index (Phi) is 5.09. The van der Waals surface area contributed by atoms with E-state index in [1.165, 1.54) is 6.07 Å². The molecule has 0 bridgehead atoms. The highest BCUT2D eigenvalue weighted by atomic mass is 19.2. The topological polar surface area (TPSA) is 22.1 Å². The Balaban J connectivity index is 1.77. The van der Waals surface area contributed by atoms with Gasteiger partial charge in [0.2, 0.25) is 0 Å². The van der Waals surface area contributed by atoms with Crippen LogP contribution in [0.25, 0.3) is 27.6 Å². The van der Waals surface area contributed by atoms with Gasteiger partial charge in [-0.3, -0.25) is 4.98 Å². The molecule has 4 heteroatoms. The van der Waals surface area contributed by atoms with E-state index < -0.39 is 11.6 Å². The number of halogens is 2. The van der Waals surface area contributed by atoms with Crippen molar-refractivity contribution in [1.82, 2.24) is 4.98 Å². The highest BCUT2D eigenvalue weighted by molar-refractivity contribution is 6.00. The first-order chi connectivity index (χ1) is 14.0. The zero-order valence-electron chi connectivity index (χ0n) is 16.0. The summed E-state index contributed by atoms with van der Waals surface area (Å²) < 4.78 is 33.2. The SMILES string of the molecule is C=C(C)c1cnc2cc(OCc3ccccc3)ccc2c1-c1ccc(F)c(F)c1. The number of hydrogen-bond acceptors (Lipinski definition) is 2. The molecule has 0 aliphatic rings. The second-order valence-corrected chi connectivity index (χ2v) is 6.91. The van der Waals surface area contributed by atoms with Crippen LogP contribution >= 0.6 is 0 Å². The molecular weight excluding hydrogens is 368 g/mol. The lowest BCUT2D eigenvalue weighted by Gasteiger charge is -2.14. The number of rotatable bonds is 5. The maximum Gasteiger partial charge on any atom is 0.159 e. The molecule has 0 aliphatic heterocycles. The summed E-state index contributed by atoms with van der Waals surface area (Å²) in [6.07, 6.45) is 1.71. The van der Waals surface area contributed by atoms with Crippen LogP contribution in [-0.2, 0) is 6.61 Å². The lowest BCUT2D eigenvalue weighted by atomic mass is 9.93. The molecule has 4 rings (SSSR count). The van der Waals surface area contributed by atoms with Gasteiger partial charge in [0.1, 0.15) is 12.4 Å². The van der Waals surface area contributed by atoms with E-state index in [0.29, 0.717) is 23.4 Å². The fourth-order valence-electron chi connectivity index (χ4n) is 3.29. The molecule has 0 atom stereocenters. The monoisotopic (exact) mass is 387 g/mol. The Bertz CT molecular complexity index is 1200. The number of allylic oxidation sites excluding steroid dienone is 1. The minimum Gasteiger partial charge on any atom is -0.489 e. The van der Waals surface area contributed by atoms with Gasteiger partial charge in [0.15, 0.2) is 11.6 Å². The number of benzene rings is 3. The van der Waals surface area contributed by atoms with Gasteiger partial charge in [-0.1, -0.05) is 43.0 Å². The van der Waals surface area contributed by atoms with Crippen molar-refractivity contribution in [2.75, 3.05) is 0 Å². The van der Waals surface area contributed by atoms with Gasteiger partial charge in [-0.05, 0) is 47.9 Å². The number of pyridine rings is 1. The predicted molar refractivity (Wildman–Crippen MR) is 113 cm³/mol. The molecule has 0 radical (unpaired) electrons. The molecule has 0 aliphatic carbocycles. The van der Waals surface area contributed by atoms with Gasteiger partial charge in [0.25, 0.3) is 0 Å². The maximum atomic E-state index is 13.9. The number of aromatic nitrogens is 1. The second-order valence-electron chi connectivity index (χ2n) is 6.91. The van der Waals surface area contributed by atoms with Crippen LogP contribution in [0.3, 0.4) is 0 Å². The van der Waals surface area contributed by atoms with Crippen LogP contribution in [-0.4, -0.2) is 4.98 Å². The maximum absolute atomic E-state index is 13.9. The van der Waals surface area contributed by atoms with Crippen molar-refractivity contribution in [3.63, 3.8) is 0 Å². The van der Waals surface area contributed by atoms with Crippen molar-refractivity contribution >= 4 is 16.5 Å². The molecule has 0 fully saturated rings. The molecule has 0 saturated heterocycles. The molecule has 0 amide bonds. The van der Waals surface area contributed by atoms with Gasteiger partial charge in [-0.15, -0.1) is 0 Å². The third-order valence-corrected chi connectivity index (χ3v) is 4.76. The summed E-state index contributed by atoms with van der Waals surface area (Å²) in [6.45, 7) is 6.32. The van der Waals surface area contributed by atoms with E-state index >= 15 is 0 Å². The Hall–Kier alpha value is -3.53. The summed E-state index contributed by atoms with van der Waals surface area (Å²) in [5, 5.41) is 0.823. The average molecular weight is 387 g/mol. The standard InChI is InChI=1S/C25H19F2NO/c1-16(2)21-14-28-24-13-19(29-15-17-6-4-3-5-7-17)9-10-20(24)25(21)18-8-11-22(26)23(27)12-18/h3-14H,1,15H2,2H3. The Labute approximate surface area is 168 Å². The van der Waals surface area contributed by atoms with Crippen LogP contribution in [0.15, 0.2) is 79.5 Å². The van der Waals surface area contributed by atoms with E-state index in [0.717, 1.165) is 33.7 Å². The highest BCUT2D eigenvalue weighted by Gasteiger charge is 2.14. The van der Waals surface area contributed by atoms with Gasteiger partial charge >= 0.3 is 0 Å². The molecule has 0 unspecified atom stereocenters. The van der Waals surface area contributed by atoms with Gasteiger partial charge in [0, 0.05) is 28.8 Å². The molecule has 29 heavy (non-hydrogen) atoms. The van der Waals surface area contributed by atoms with Crippen LogP contribution < -0.4 is 4.74 Å². The molecular formula is C25H19F2NO. The molecule has 1 aromatic heterocycles. The zero-order chi connectivity index (χ0) is 20.4. The second kappa shape index (κ2) is 7.84. The Morgan fingerprint density at radius 3 is 2.48 bits per heavy atom. The minimum absolute atomic E-state index is 0.451. The fourth-order valence-corrected chi connectivity index (χ4v) is 3.29. The Morgan fingerprint density at radius 2 is 1.76 bits per heavy atom. The minimum atomic E-state index is -0.886. The van der Waals surface area contributed by atoms with Crippen molar-refractivity contribution in [2.45, 2.75) is 13.5 Å². The molecule has 144 valence electrons. The molecule has 1 heterocycles. The smallest absolute Gasteiger partial charge is 0.159 e. The lowest BCUT2D eigenvalue weighted by molar-refractivity contribution is 0.306. The summed E-state index contributed by atoms with van der Waals surface area (Å²) in [5.41, 5.74) is 4.72. The fraction of sp³-hybridized carbons (Fsp3) is 0.0800. The summed E-state index contributed by atoms with van der Waals surface area (Å²) in [5.74, 6) is -1.07. The van der Waals surface area contributed by atoms with E-state index in [9.17, 15) is 8.78 Å². The van der Waals surface area contributed by atoms with Gasteiger partial charge < -0.3 is 4.74 Å². The van der Waals surface area contributed by atoms with E-state index in [1.54, 1.807) is 12.3 Å². The number of hydrogen-bond donors (Lipinski definition) is 0. The van der Waals surface area contributed by atoms with Crippen LogP contribution in [0.4, 0.5) is 8.78 Å². The van der Waals surface area contributed by atoms with E-state index in [-0.39, 0.29) is 0 Å². The summed E-state index contributed by atoms with van der Waals surface area (Å²) in [4.78, 5) is 4.54. The van der Waals surface area contributed by atoms with Crippen molar-refractivity contribution in [1.29, 1.82) is 0 Å². The van der Waals surface area contributed by atoms with Crippen LogP contribution in [0.1, 0.15) is 18.1 Å². The molecule has 0 saturated carbocycles. The van der Waals surface area contributed by atoms with E-state index in [1.807, 2.05) is 55.5 Å². The summed E-state index contributed by atoms with van der Waals surface area (Å²) >= 11 is 0. The number of fused-ring (bicyclic) bond motifs is 1. The van der Waals surface area contributed by atoms with Gasteiger partial charge in [-0.25, -0.2) is 8.78 Å². The van der Waals surface area contributed by atoms with Gasteiger partial charge in [0.05, 0.1) is 5.52 Å². The van der Waals surface area contributed by atoms with Crippen molar-refractivity contribution < 1.29 is 13.5 Å². The Morgan fingerprint density at radius 1 is 0.966 bits per heavy atom. The predicted octanol–water partition coefficient (Wildman–Crippen LogP) is 6.79. The zero-order valence-corrected chi connectivity index (χ0v) is 16.0. The van der Waals surface area contributed by atoms with Crippen LogP contribution in [0.2, 0.25) is 0 Å². The van der Waals surface area contributed by atoms with Crippen molar-refractivity contribution in [3.8, 4) is 16.9 Å². The van der Waals surface area contributed by atoms with E-state index in [2.05, 4.69) is 11.6 Å². The molecule has 3 aromatic carbocycles. The van der Waals surface area contributed by atoms with E-state index in [4.69, 9.17) is 4.74 Å². The van der Waals surface area contributed by atoms with Crippen LogP contribution in [0, 0.1) is 11.6 Å². The quantitative estimate of drug-likeness (QED) is 0.376. The summed E-state index contributed by atoms with van der Waals surface area (Å²) in [7, 11) is 0. The first-order valence-corrected chi connectivity index (χ1v) is 9.24. The third-order valence-electron chi connectivity index (χ3n) is 4.76. The average Bonchev–Trinajstić information content (AvgIpc) is 2.74. The molecule has 0 spiro atoms. The highest BCUT2D eigenvalue weighted by Crippen LogP contribution is 2.36. The largest absolute Gasteiger partial charge is 0.489 e.